The molecule has 1 aromatic rings. The summed E-state index contributed by atoms with van der Waals surface area (Å²) >= 11 is 3.41. The molecule has 1 aromatic carbocycles. The molecular formula is C16H23BrN2O2. The molecule has 1 atom stereocenters. The van der Waals surface area contributed by atoms with Crippen molar-refractivity contribution < 1.29 is 9.53 Å². The Morgan fingerprint density at radius 1 is 1.38 bits per heavy atom. The second kappa shape index (κ2) is 8.51. The quantitative estimate of drug-likeness (QED) is 0.825. The van der Waals surface area contributed by atoms with Gasteiger partial charge in [0.15, 0.2) is 0 Å². The van der Waals surface area contributed by atoms with E-state index in [2.05, 4.69) is 26.6 Å². The van der Waals surface area contributed by atoms with Crippen molar-refractivity contribution >= 4 is 21.8 Å². The maximum Gasteiger partial charge on any atom is 0.222 e. The zero-order chi connectivity index (χ0) is 15.1. The third-order valence-electron chi connectivity index (χ3n) is 3.72. The fraction of sp³-hybridized carbons (Fsp3) is 0.562. The van der Waals surface area contributed by atoms with E-state index < -0.39 is 0 Å². The van der Waals surface area contributed by atoms with E-state index in [0.717, 1.165) is 36.0 Å². The molecule has 0 saturated carbocycles. The van der Waals surface area contributed by atoms with Crippen LogP contribution in [0.15, 0.2) is 28.7 Å². The molecular weight excluding hydrogens is 332 g/mol. The van der Waals surface area contributed by atoms with Crippen LogP contribution in [0, 0.1) is 0 Å². The van der Waals surface area contributed by atoms with E-state index in [0.29, 0.717) is 19.1 Å². The maximum atomic E-state index is 11.9. The van der Waals surface area contributed by atoms with Crippen LogP contribution in [0.5, 0.6) is 0 Å². The van der Waals surface area contributed by atoms with Crippen LogP contribution in [-0.4, -0.2) is 31.7 Å². The summed E-state index contributed by atoms with van der Waals surface area (Å²) in [6.07, 6.45) is 2.81. The zero-order valence-corrected chi connectivity index (χ0v) is 14.0. The van der Waals surface area contributed by atoms with Gasteiger partial charge in [-0.05, 0) is 50.6 Å². The van der Waals surface area contributed by atoms with Gasteiger partial charge in [0.25, 0.3) is 0 Å². The van der Waals surface area contributed by atoms with Crippen LogP contribution in [0.1, 0.15) is 37.8 Å². The Morgan fingerprint density at radius 3 is 2.71 bits per heavy atom. The summed E-state index contributed by atoms with van der Waals surface area (Å²) in [5.74, 6) is 0.0411. The van der Waals surface area contributed by atoms with Crippen LogP contribution in [0.2, 0.25) is 0 Å². The largest absolute Gasteiger partial charge is 0.378 e. The number of piperidine rings is 1. The van der Waals surface area contributed by atoms with Crippen molar-refractivity contribution in [2.75, 3.05) is 19.7 Å². The number of amides is 1. The Morgan fingerprint density at radius 2 is 2.05 bits per heavy atom. The van der Waals surface area contributed by atoms with Crippen molar-refractivity contribution in [2.24, 2.45) is 0 Å². The minimum atomic E-state index is 0.0180. The summed E-state index contributed by atoms with van der Waals surface area (Å²) in [6, 6.07) is 8.02. The van der Waals surface area contributed by atoms with Gasteiger partial charge >= 0.3 is 0 Å². The molecule has 2 N–H and O–H groups in total. The van der Waals surface area contributed by atoms with Crippen LogP contribution >= 0.6 is 15.9 Å². The number of hydrogen-bond donors (Lipinski definition) is 2. The van der Waals surface area contributed by atoms with Crippen molar-refractivity contribution in [3.05, 3.63) is 34.3 Å². The molecule has 1 aliphatic rings. The number of rotatable bonds is 6. The molecule has 0 aromatic heterocycles. The number of benzene rings is 1. The molecule has 1 saturated heterocycles. The minimum Gasteiger partial charge on any atom is -0.378 e. The van der Waals surface area contributed by atoms with Gasteiger partial charge in [0.1, 0.15) is 0 Å². The number of halogens is 1. The summed E-state index contributed by atoms with van der Waals surface area (Å²) < 4.78 is 6.79. The van der Waals surface area contributed by atoms with Crippen molar-refractivity contribution in [3.63, 3.8) is 0 Å². The summed E-state index contributed by atoms with van der Waals surface area (Å²) in [6.45, 7) is 4.52. The molecule has 0 aliphatic carbocycles. The van der Waals surface area contributed by atoms with Gasteiger partial charge in [0.05, 0.1) is 18.8 Å². The lowest BCUT2D eigenvalue weighted by Crippen LogP contribution is -2.33. The van der Waals surface area contributed by atoms with Gasteiger partial charge in [0, 0.05) is 10.9 Å². The van der Waals surface area contributed by atoms with Crippen LogP contribution in [0.25, 0.3) is 0 Å². The first-order valence-corrected chi connectivity index (χ1v) is 8.31. The normalized spacial score (nSPS) is 17.4. The van der Waals surface area contributed by atoms with Gasteiger partial charge in [-0.1, -0.05) is 28.1 Å². The summed E-state index contributed by atoms with van der Waals surface area (Å²) in [5, 5.41) is 6.31. The lowest BCUT2D eigenvalue weighted by molar-refractivity contribution is -0.123. The standard InChI is InChI=1S/C16H23BrN2O2/c1-12(13-2-4-14(17)5-3-13)19-16(20)8-11-21-15-6-9-18-10-7-15/h2-5,12,15,18H,6-11H2,1H3,(H,19,20)/t12-/m1/s1. The van der Waals surface area contributed by atoms with Crippen molar-refractivity contribution in [2.45, 2.75) is 38.3 Å². The predicted molar refractivity (Wildman–Crippen MR) is 87.2 cm³/mol. The van der Waals surface area contributed by atoms with Gasteiger partial charge in [-0.25, -0.2) is 0 Å². The molecule has 0 bridgehead atoms. The van der Waals surface area contributed by atoms with Gasteiger partial charge in [-0.2, -0.15) is 0 Å². The van der Waals surface area contributed by atoms with Gasteiger partial charge < -0.3 is 15.4 Å². The van der Waals surface area contributed by atoms with Gasteiger partial charge in [-0.3, -0.25) is 4.79 Å². The molecule has 0 spiro atoms. The average molecular weight is 355 g/mol. The predicted octanol–water partition coefficient (Wildman–Crippen LogP) is 2.79. The van der Waals surface area contributed by atoms with Crippen LogP contribution in [0.3, 0.4) is 0 Å². The number of hydrogen-bond acceptors (Lipinski definition) is 3. The van der Waals surface area contributed by atoms with Crippen LogP contribution in [-0.2, 0) is 9.53 Å². The Kier molecular flexibility index (Phi) is 6.67. The highest BCUT2D eigenvalue weighted by molar-refractivity contribution is 9.10. The van der Waals surface area contributed by atoms with E-state index in [1.807, 2.05) is 31.2 Å². The highest BCUT2D eigenvalue weighted by Crippen LogP contribution is 2.16. The van der Waals surface area contributed by atoms with Crippen molar-refractivity contribution in [3.8, 4) is 0 Å². The average Bonchev–Trinajstić information content (AvgIpc) is 2.49. The molecule has 5 heteroatoms. The second-order valence-corrected chi connectivity index (χ2v) is 6.33. The molecule has 1 amide bonds. The molecule has 4 nitrogen and oxygen atoms in total. The van der Waals surface area contributed by atoms with E-state index in [9.17, 15) is 4.79 Å². The summed E-state index contributed by atoms with van der Waals surface area (Å²) in [4.78, 5) is 11.9. The third kappa shape index (κ3) is 5.77. The third-order valence-corrected chi connectivity index (χ3v) is 4.25. The molecule has 1 aliphatic heterocycles. The Labute approximate surface area is 134 Å². The monoisotopic (exact) mass is 354 g/mol. The fourth-order valence-corrected chi connectivity index (χ4v) is 2.69. The van der Waals surface area contributed by atoms with E-state index in [4.69, 9.17) is 4.74 Å². The van der Waals surface area contributed by atoms with E-state index in [1.54, 1.807) is 0 Å². The zero-order valence-electron chi connectivity index (χ0n) is 12.4. The maximum absolute atomic E-state index is 11.9. The molecule has 0 unspecified atom stereocenters. The van der Waals surface area contributed by atoms with Crippen molar-refractivity contribution in [1.82, 2.24) is 10.6 Å². The van der Waals surface area contributed by atoms with E-state index >= 15 is 0 Å². The highest BCUT2D eigenvalue weighted by atomic mass is 79.9. The minimum absolute atomic E-state index is 0.0180. The summed E-state index contributed by atoms with van der Waals surface area (Å²) in [5.41, 5.74) is 1.10. The smallest absolute Gasteiger partial charge is 0.222 e. The SMILES string of the molecule is C[C@@H](NC(=O)CCOC1CCNCC1)c1ccc(Br)cc1. The first-order valence-electron chi connectivity index (χ1n) is 7.52. The van der Waals surface area contributed by atoms with Gasteiger partial charge in [-0.15, -0.1) is 0 Å². The first-order chi connectivity index (χ1) is 10.1. The molecule has 21 heavy (non-hydrogen) atoms. The molecule has 1 heterocycles. The Balaban J connectivity index is 1.67. The number of carbonyl (C=O) groups is 1. The lowest BCUT2D eigenvalue weighted by atomic mass is 10.1. The number of ether oxygens (including phenoxy) is 1. The lowest BCUT2D eigenvalue weighted by Gasteiger charge is -2.23. The summed E-state index contributed by atoms with van der Waals surface area (Å²) in [7, 11) is 0. The topological polar surface area (TPSA) is 50.4 Å². The van der Waals surface area contributed by atoms with E-state index in [-0.39, 0.29) is 11.9 Å². The van der Waals surface area contributed by atoms with Crippen LogP contribution < -0.4 is 10.6 Å². The van der Waals surface area contributed by atoms with Crippen molar-refractivity contribution in [1.29, 1.82) is 0 Å². The number of nitrogens with one attached hydrogen (secondary N) is 2. The van der Waals surface area contributed by atoms with Crippen LogP contribution in [0.4, 0.5) is 0 Å². The fourth-order valence-electron chi connectivity index (χ4n) is 2.43. The molecule has 1 fully saturated rings. The molecule has 2 rings (SSSR count). The first kappa shape index (κ1) is 16.5. The molecule has 116 valence electrons. The molecule has 0 radical (unpaired) electrons. The van der Waals surface area contributed by atoms with Gasteiger partial charge in [0.2, 0.25) is 5.91 Å². The van der Waals surface area contributed by atoms with E-state index in [1.165, 1.54) is 0 Å². The highest BCUT2D eigenvalue weighted by Gasteiger charge is 2.14. The Hall–Kier alpha value is -0.910. The number of carbonyl (C=O) groups excluding carboxylic acids is 1. The Bertz CT molecular complexity index is 444. The second-order valence-electron chi connectivity index (χ2n) is 5.41.